The van der Waals surface area contributed by atoms with Gasteiger partial charge in [0.15, 0.2) is 0 Å². The largest absolute Gasteiger partial charge is 0.462 e. The number of aryl methyl sites for hydroxylation is 1. The Morgan fingerprint density at radius 2 is 2.06 bits per heavy atom. The maximum absolute atomic E-state index is 11.3. The first-order chi connectivity index (χ1) is 8.59. The highest BCUT2D eigenvalue weighted by Gasteiger charge is 2.07. The lowest BCUT2D eigenvalue weighted by molar-refractivity contribution is -0.694. The number of carbonyl (C=O) groups is 2. The topological polar surface area (TPSA) is 72.3 Å². The number of esters is 2. The van der Waals surface area contributed by atoms with Gasteiger partial charge in [-0.05, 0) is 6.92 Å². The van der Waals surface area contributed by atoms with Gasteiger partial charge >= 0.3 is 11.9 Å². The second-order valence-corrected chi connectivity index (χ2v) is 3.74. The van der Waals surface area contributed by atoms with Gasteiger partial charge in [-0.25, -0.2) is 9.36 Å². The van der Waals surface area contributed by atoms with Gasteiger partial charge in [0.05, 0.1) is 6.42 Å². The molecule has 1 N–H and O–H groups in total. The van der Waals surface area contributed by atoms with Gasteiger partial charge in [-0.3, -0.25) is 9.78 Å². The Hall–Kier alpha value is -2.11. The summed E-state index contributed by atoms with van der Waals surface area (Å²) in [7, 11) is 0. The Morgan fingerprint density at radius 3 is 2.67 bits per heavy atom. The molecule has 6 heteroatoms. The zero-order valence-electron chi connectivity index (χ0n) is 10.3. The van der Waals surface area contributed by atoms with Crippen LogP contribution in [0.2, 0.25) is 0 Å². The molecule has 0 fully saturated rings. The summed E-state index contributed by atoms with van der Waals surface area (Å²) in [5.74, 6) is -0.802. The molecule has 0 amide bonds. The van der Waals surface area contributed by atoms with Crippen molar-refractivity contribution >= 4 is 11.9 Å². The average molecular weight is 253 g/mol. The highest BCUT2D eigenvalue weighted by Crippen LogP contribution is 1.93. The second-order valence-electron chi connectivity index (χ2n) is 3.74. The summed E-state index contributed by atoms with van der Waals surface area (Å²) in [6.07, 6.45) is 5.61. The van der Waals surface area contributed by atoms with Crippen LogP contribution >= 0.6 is 0 Å². The van der Waals surface area contributed by atoms with Crippen LogP contribution in [0.1, 0.15) is 13.3 Å². The number of rotatable bonds is 7. The number of hydrogen-bond acceptors (Lipinski definition) is 4. The van der Waals surface area contributed by atoms with E-state index in [9.17, 15) is 9.59 Å². The Morgan fingerprint density at radius 1 is 1.33 bits per heavy atom. The molecule has 0 unspecified atom stereocenters. The van der Waals surface area contributed by atoms with Crippen LogP contribution in [0.15, 0.2) is 30.9 Å². The fraction of sp³-hybridized carbons (Fsp3) is 0.417. The molecule has 1 aromatic heterocycles. The van der Waals surface area contributed by atoms with Crippen molar-refractivity contribution in [1.29, 1.82) is 0 Å². The van der Waals surface area contributed by atoms with E-state index in [0.29, 0.717) is 12.1 Å². The van der Waals surface area contributed by atoms with Crippen LogP contribution < -0.4 is 4.57 Å². The van der Waals surface area contributed by atoms with Crippen LogP contribution in [-0.2, 0) is 25.6 Å². The smallest absolute Gasteiger partial charge is 0.333 e. The minimum Gasteiger partial charge on any atom is -0.462 e. The van der Waals surface area contributed by atoms with Crippen LogP contribution in [0.3, 0.4) is 0 Å². The molecule has 0 saturated carbocycles. The summed E-state index contributed by atoms with van der Waals surface area (Å²) in [5, 5.41) is 0. The molecule has 6 nitrogen and oxygen atoms in total. The molecular formula is C12H17N2O4+. The van der Waals surface area contributed by atoms with Gasteiger partial charge in [-0.15, -0.1) is 0 Å². The first-order valence-corrected chi connectivity index (χ1v) is 5.59. The lowest BCUT2D eigenvalue weighted by Crippen LogP contribution is -2.32. The summed E-state index contributed by atoms with van der Waals surface area (Å²) in [4.78, 5) is 25.2. The first kappa shape index (κ1) is 14.0. The van der Waals surface area contributed by atoms with Gasteiger partial charge in [0, 0.05) is 5.57 Å². The van der Waals surface area contributed by atoms with E-state index >= 15 is 0 Å². The molecule has 0 radical (unpaired) electrons. The Kier molecular flexibility index (Phi) is 5.63. The standard InChI is InChI=1S/C12H16N2O4/c1-10(2)12(16)18-8-7-17-11(15)3-5-14-6-4-13-9-14/h4,6,9H,1,3,5,7-8H2,2H3/p+1. The minimum absolute atomic E-state index is 0.0503. The molecular weight excluding hydrogens is 236 g/mol. The van der Waals surface area contributed by atoms with E-state index in [1.807, 2.05) is 10.8 Å². The zero-order chi connectivity index (χ0) is 13.4. The van der Waals surface area contributed by atoms with E-state index in [4.69, 9.17) is 9.47 Å². The van der Waals surface area contributed by atoms with Crippen LogP contribution in [-0.4, -0.2) is 30.1 Å². The predicted molar refractivity (Wildman–Crippen MR) is 62.3 cm³/mol. The highest BCUT2D eigenvalue weighted by atomic mass is 16.6. The molecule has 0 aliphatic rings. The van der Waals surface area contributed by atoms with Crippen molar-refractivity contribution in [2.24, 2.45) is 0 Å². The fourth-order valence-corrected chi connectivity index (χ4v) is 1.17. The normalized spacial score (nSPS) is 9.83. The van der Waals surface area contributed by atoms with Gasteiger partial charge in [-0.1, -0.05) is 6.58 Å². The van der Waals surface area contributed by atoms with Crippen molar-refractivity contribution in [3.05, 3.63) is 30.9 Å². The van der Waals surface area contributed by atoms with E-state index in [1.165, 1.54) is 0 Å². The van der Waals surface area contributed by atoms with Crippen LogP contribution in [0.25, 0.3) is 0 Å². The third kappa shape index (κ3) is 5.29. The van der Waals surface area contributed by atoms with Crippen LogP contribution in [0.4, 0.5) is 0 Å². The molecule has 0 aliphatic carbocycles. The predicted octanol–water partition coefficient (Wildman–Crippen LogP) is 0.355. The van der Waals surface area contributed by atoms with Crippen molar-refractivity contribution in [3.8, 4) is 0 Å². The summed E-state index contributed by atoms with van der Waals surface area (Å²) < 4.78 is 11.5. The number of nitrogens with one attached hydrogen (secondary N) is 1. The number of hydrogen-bond donors (Lipinski definition) is 1. The molecule has 0 atom stereocenters. The summed E-state index contributed by atoms with van der Waals surface area (Å²) >= 11 is 0. The minimum atomic E-state index is -0.478. The first-order valence-electron chi connectivity index (χ1n) is 5.59. The van der Waals surface area contributed by atoms with Gasteiger partial charge < -0.3 is 9.47 Å². The van der Waals surface area contributed by atoms with Crippen molar-refractivity contribution in [2.45, 2.75) is 19.9 Å². The number of H-pyrrole nitrogens is 1. The van der Waals surface area contributed by atoms with Gasteiger partial charge in [0.1, 0.15) is 32.2 Å². The number of imidazole rings is 1. The molecule has 0 saturated heterocycles. The summed E-state index contributed by atoms with van der Waals surface area (Å²) in [6.45, 7) is 5.66. The molecule has 18 heavy (non-hydrogen) atoms. The average Bonchev–Trinajstić information content (AvgIpc) is 2.84. The lowest BCUT2D eigenvalue weighted by atomic mass is 10.4. The number of aromatic nitrogens is 2. The van der Waals surface area contributed by atoms with E-state index in [1.54, 1.807) is 19.4 Å². The number of aromatic amines is 1. The lowest BCUT2D eigenvalue weighted by Gasteiger charge is -2.05. The molecule has 1 rings (SSSR count). The zero-order valence-corrected chi connectivity index (χ0v) is 10.3. The number of carbonyl (C=O) groups excluding carboxylic acids is 2. The number of nitrogens with zero attached hydrogens (tertiary/aromatic N) is 1. The Labute approximate surface area is 105 Å². The molecule has 98 valence electrons. The maximum Gasteiger partial charge on any atom is 0.333 e. The van der Waals surface area contributed by atoms with Crippen molar-refractivity contribution < 1.29 is 23.6 Å². The molecule has 0 spiro atoms. The van der Waals surface area contributed by atoms with E-state index in [2.05, 4.69) is 11.6 Å². The van der Waals surface area contributed by atoms with Crippen LogP contribution in [0.5, 0.6) is 0 Å². The molecule has 1 aromatic rings. The van der Waals surface area contributed by atoms with Gasteiger partial charge in [-0.2, -0.15) is 0 Å². The molecule has 1 heterocycles. The van der Waals surface area contributed by atoms with Crippen LogP contribution in [0, 0.1) is 0 Å². The van der Waals surface area contributed by atoms with E-state index in [0.717, 1.165) is 0 Å². The Bertz CT molecular complexity index is 412. The summed E-state index contributed by atoms with van der Waals surface area (Å²) in [5.41, 5.74) is 0.324. The van der Waals surface area contributed by atoms with Crippen molar-refractivity contribution in [1.82, 2.24) is 4.98 Å². The monoisotopic (exact) mass is 253 g/mol. The second kappa shape index (κ2) is 7.26. The molecule has 0 bridgehead atoms. The quantitative estimate of drug-likeness (QED) is 0.329. The number of ether oxygens (including phenoxy) is 2. The van der Waals surface area contributed by atoms with Crippen molar-refractivity contribution in [2.75, 3.05) is 13.2 Å². The SMILES string of the molecule is C=C(C)C(=O)OCCOC(=O)CC[n+]1cc[nH]c1. The fourth-order valence-electron chi connectivity index (χ4n) is 1.17. The van der Waals surface area contributed by atoms with E-state index in [-0.39, 0.29) is 25.6 Å². The third-order valence-electron chi connectivity index (χ3n) is 2.10. The Balaban J connectivity index is 2.07. The molecule has 0 aromatic carbocycles. The van der Waals surface area contributed by atoms with Crippen molar-refractivity contribution in [3.63, 3.8) is 0 Å². The summed E-state index contributed by atoms with van der Waals surface area (Å²) in [6, 6.07) is 0. The van der Waals surface area contributed by atoms with Gasteiger partial charge in [0.25, 0.3) is 0 Å². The maximum atomic E-state index is 11.3. The molecule has 0 aliphatic heterocycles. The van der Waals surface area contributed by atoms with Gasteiger partial charge in [0.2, 0.25) is 6.33 Å². The third-order valence-corrected chi connectivity index (χ3v) is 2.10. The van der Waals surface area contributed by atoms with E-state index < -0.39 is 5.97 Å². The highest BCUT2D eigenvalue weighted by molar-refractivity contribution is 5.86.